The van der Waals surface area contributed by atoms with Crippen molar-refractivity contribution in [1.82, 2.24) is 0 Å². The first kappa shape index (κ1) is 18.4. The van der Waals surface area contributed by atoms with Crippen molar-refractivity contribution in [3.05, 3.63) is 0 Å². The Kier molecular flexibility index (Phi) is 10.3. The molecule has 0 saturated carbocycles. The van der Waals surface area contributed by atoms with Gasteiger partial charge in [-0.05, 0) is 6.92 Å². The van der Waals surface area contributed by atoms with E-state index in [1.54, 1.807) is 13.8 Å². The zero-order valence-electron chi connectivity index (χ0n) is 12.2. The SMILES string of the molecule is CCC(=O)OCCCOC(=O)C(C)OCOC(=O)CC. The topological polar surface area (TPSA) is 88.1 Å². The van der Waals surface area contributed by atoms with Crippen molar-refractivity contribution in [2.24, 2.45) is 0 Å². The van der Waals surface area contributed by atoms with Crippen molar-refractivity contribution in [3.63, 3.8) is 0 Å². The first-order valence-corrected chi connectivity index (χ1v) is 6.60. The summed E-state index contributed by atoms with van der Waals surface area (Å²) in [5.41, 5.74) is 0. The van der Waals surface area contributed by atoms with Gasteiger partial charge in [-0.25, -0.2) is 4.79 Å². The summed E-state index contributed by atoms with van der Waals surface area (Å²) in [6, 6.07) is 0. The second kappa shape index (κ2) is 11.2. The number of ether oxygens (including phenoxy) is 4. The predicted molar refractivity (Wildman–Crippen MR) is 68.6 cm³/mol. The minimum Gasteiger partial charge on any atom is -0.466 e. The van der Waals surface area contributed by atoms with E-state index in [9.17, 15) is 14.4 Å². The van der Waals surface area contributed by atoms with Crippen LogP contribution in [-0.4, -0.2) is 44.0 Å². The van der Waals surface area contributed by atoms with Gasteiger partial charge in [-0.2, -0.15) is 0 Å². The van der Waals surface area contributed by atoms with Crippen molar-refractivity contribution in [2.75, 3.05) is 20.0 Å². The van der Waals surface area contributed by atoms with Gasteiger partial charge in [-0.15, -0.1) is 0 Å². The average Bonchev–Trinajstić information content (AvgIpc) is 2.45. The molecule has 116 valence electrons. The maximum atomic E-state index is 11.4. The Labute approximate surface area is 118 Å². The summed E-state index contributed by atoms with van der Waals surface area (Å²) >= 11 is 0. The molecule has 1 unspecified atom stereocenters. The molecule has 0 bridgehead atoms. The molecule has 0 amide bonds. The third-order valence-electron chi connectivity index (χ3n) is 2.24. The maximum absolute atomic E-state index is 11.4. The van der Waals surface area contributed by atoms with Crippen LogP contribution in [0.25, 0.3) is 0 Å². The van der Waals surface area contributed by atoms with Crippen molar-refractivity contribution in [2.45, 2.75) is 46.1 Å². The summed E-state index contributed by atoms with van der Waals surface area (Å²) in [4.78, 5) is 33.1. The number of rotatable bonds is 10. The fourth-order valence-corrected chi connectivity index (χ4v) is 1.01. The smallest absolute Gasteiger partial charge is 0.335 e. The maximum Gasteiger partial charge on any atom is 0.335 e. The molecule has 0 aliphatic carbocycles. The molecule has 0 heterocycles. The zero-order chi connectivity index (χ0) is 15.4. The van der Waals surface area contributed by atoms with Crippen molar-refractivity contribution >= 4 is 17.9 Å². The van der Waals surface area contributed by atoms with Gasteiger partial charge in [-0.1, -0.05) is 13.8 Å². The molecule has 0 aliphatic heterocycles. The van der Waals surface area contributed by atoms with E-state index in [0.29, 0.717) is 12.8 Å². The number of hydrogen-bond acceptors (Lipinski definition) is 7. The van der Waals surface area contributed by atoms with Crippen LogP contribution >= 0.6 is 0 Å². The predicted octanol–water partition coefficient (Wildman–Crippen LogP) is 1.19. The second-order valence-electron chi connectivity index (χ2n) is 3.89. The summed E-state index contributed by atoms with van der Waals surface area (Å²) < 4.78 is 19.4. The van der Waals surface area contributed by atoms with E-state index in [0.717, 1.165) is 0 Å². The third-order valence-corrected chi connectivity index (χ3v) is 2.24. The number of hydrogen-bond donors (Lipinski definition) is 0. The highest BCUT2D eigenvalue weighted by Gasteiger charge is 2.15. The highest BCUT2D eigenvalue weighted by molar-refractivity contribution is 5.74. The van der Waals surface area contributed by atoms with Crippen LogP contribution in [0.15, 0.2) is 0 Å². The molecule has 0 fully saturated rings. The van der Waals surface area contributed by atoms with Gasteiger partial charge in [0.25, 0.3) is 0 Å². The van der Waals surface area contributed by atoms with Crippen LogP contribution in [0.3, 0.4) is 0 Å². The molecule has 0 aromatic carbocycles. The van der Waals surface area contributed by atoms with Crippen molar-refractivity contribution in [1.29, 1.82) is 0 Å². The molecule has 0 rings (SSSR count). The minimum atomic E-state index is -0.821. The molecule has 20 heavy (non-hydrogen) atoms. The summed E-state index contributed by atoms with van der Waals surface area (Å²) in [6.07, 6.45) is 0.173. The zero-order valence-corrected chi connectivity index (χ0v) is 12.2. The molecule has 0 radical (unpaired) electrons. The van der Waals surface area contributed by atoms with Crippen molar-refractivity contribution in [3.8, 4) is 0 Å². The Morgan fingerprint density at radius 3 is 2.05 bits per heavy atom. The highest BCUT2D eigenvalue weighted by atomic mass is 16.7. The van der Waals surface area contributed by atoms with Gasteiger partial charge in [0.2, 0.25) is 0 Å². The fourth-order valence-electron chi connectivity index (χ4n) is 1.01. The molecular formula is C13H22O7. The van der Waals surface area contributed by atoms with Gasteiger partial charge in [-0.3, -0.25) is 9.59 Å². The van der Waals surface area contributed by atoms with E-state index in [1.165, 1.54) is 6.92 Å². The Hall–Kier alpha value is -1.63. The Morgan fingerprint density at radius 2 is 1.45 bits per heavy atom. The van der Waals surface area contributed by atoms with Crippen LogP contribution in [0.5, 0.6) is 0 Å². The van der Waals surface area contributed by atoms with Crippen LogP contribution in [0.2, 0.25) is 0 Å². The van der Waals surface area contributed by atoms with Gasteiger partial charge < -0.3 is 18.9 Å². The first-order chi connectivity index (χ1) is 9.51. The Morgan fingerprint density at radius 1 is 0.900 bits per heavy atom. The lowest BCUT2D eigenvalue weighted by molar-refractivity contribution is -0.174. The third kappa shape index (κ3) is 9.32. The molecule has 0 aromatic rings. The highest BCUT2D eigenvalue weighted by Crippen LogP contribution is 1.98. The summed E-state index contributed by atoms with van der Waals surface area (Å²) in [5.74, 6) is -1.24. The Bertz CT molecular complexity index is 314. The molecule has 7 heteroatoms. The van der Waals surface area contributed by atoms with Crippen LogP contribution in [0.4, 0.5) is 0 Å². The largest absolute Gasteiger partial charge is 0.466 e. The van der Waals surface area contributed by atoms with E-state index in [1.807, 2.05) is 0 Å². The van der Waals surface area contributed by atoms with E-state index in [-0.39, 0.29) is 32.4 Å². The summed E-state index contributed by atoms with van der Waals surface area (Å²) in [6.45, 7) is 4.93. The lowest BCUT2D eigenvalue weighted by Crippen LogP contribution is -2.25. The molecule has 0 spiro atoms. The number of esters is 3. The van der Waals surface area contributed by atoms with E-state index in [2.05, 4.69) is 4.74 Å². The standard InChI is InChI=1S/C13H22O7/c1-4-11(14)17-7-6-8-18-13(16)10(3)19-9-20-12(15)5-2/h10H,4-9H2,1-3H3. The van der Waals surface area contributed by atoms with Crippen LogP contribution in [0, 0.1) is 0 Å². The van der Waals surface area contributed by atoms with Crippen LogP contribution in [0.1, 0.15) is 40.0 Å². The molecule has 0 aromatic heterocycles. The van der Waals surface area contributed by atoms with Gasteiger partial charge in [0, 0.05) is 19.3 Å². The molecule has 7 nitrogen and oxygen atoms in total. The van der Waals surface area contributed by atoms with Crippen molar-refractivity contribution < 1.29 is 33.3 Å². The van der Waals surface area contributed by atoms with Gasteiger partial charge in [0.1, 0.15) is 0 Å². The second-order valence-corrected chi connectivity index (χ2v) is 3.89. The molecule has 0 aliphatic rings. The molecular weight excluding hydrogens is 268 g/mol. The van der Waals surface area contributed by atoms with Crippen LogP contribution in [-0.2, 0) is 33.3 Å². The van der Waals surface area contributed by atoms with E-state index >= 15 is 0 Å². The molecule has 0 saturated heterocycles. The number of carbonyl (C=O) groups is 3. The lowest BCUT2D eigenvalue weighted by atomic mass is 10.4. The first-order valence-electron chi connectivity index (χ1n) is 6.60. The molecule has 0 N–H and O–H groups in total. The molecule has 1 atom stereocenters. The van der Waals surface area contributed by atoms with Crippen LogP contribution < -0.4 is 0 Å². The quantitative estimate of drug-likeness (QED) is 0.258. The van der Waals surface area contributed by atoms with Gasteiger partial charge in [0.15, 0.2) is 12.9 Å². The van der Waals surface area contributed by atoms with E-state index in [4.69, 9.17) is 14.2 Å². The number of carbonyl (C=O) groups excluding carboxylic acids is 3. The average molecular weight is 290 g/mol. The Balaban J connectivity index is 3.60. The monoisotopic (exact) mass is 290 g/mol. The fraction of sp³-hybridized carbons (Fsp3) is 0.769. The van der Waals surface area contributed by atoms with E-state index < -0.39 is 18.0 Å². The van der Waals surface area contributed by atoms with Gasteiger partial charge >= 0.3 is 17.9 Å². The van der Waals surface area contributed by atoms with Gasteiger partial charge in [0.05, 0.1) is 13.2 Å². The summed E-state index contributed by atoms with van der Waals surface area (Å²) in [7, 11) is 0. The lowest BCUT2D eigenvalue weighted by Gasteiger charge is -2.12. The normalized spacial score (nSPS) is 11.6. The summed E-state index contributed by atoms with van der Waals surface area (Å²) in [5, 5.41) is 0. The minimum absolute atomic E-state index is 0.137.